The van der Waals surface area contributed by atoms with Gasteiger partial charge < -0.3 is 10.2 Å². The summed E-state index contributed by atoms with van der Waals surface area (Å²) in [6.07, 6.45) is 1.13. The molecule has 0 aliphatic carbocycles. The smallest absolute Gasteiger partial charge is 0.318 e. The topological polar surface area (TPSA) is 49.4 Å². The summed E-state index contributed by atoms with van der Waals surface area (Å²) >= 11 is 0. The zero-order valence-corrected chi connectivity index (χ0v) is 12.7. The summed E-state index contributed by atoms with van der Waals surface area (Å²) in [7, 11) is 1.68. The van der Waals surface area contributed by atoms with Crippen molar-refractivity contribution in [2.24, 2.45) is 5.92 Å². The second-order valence-electron chi connectivity index (χ2n) is 5.37. The van der Waals surface area contributed by atoms with Crippen LogP contribution < -0.4 is 5.32 Å². The van der Waals surface area contributed by atoms with E-state index in [-0.39, 0.29) is 17.9 Å². The van der Waals surface area contributed by atoms with Gasteiger partial charge in [0, 0.05) is 19.2 Å². The second kappa shape index (κ2) is 7.68. The molecule has 0 bridgehead atoms. The van der Waals surface area contributed by atoms with E-state index in [1.165, 1.54) is 4.90 Å². The van der Waals surface area contributed by atoms with Crippen LogP contribution in [0.25, 0.3) is 0 Å². The molecular formula is C16H24N2O2. The van der Waals surface area contributed by atoms with Crippen LogP contribution in [0.15, 0.2) is 30.3 Å². The lowest BCUT2D eigenvalue weighted by Gasteiger charge is -2.28. The van der Waals surface area contributed by atoms with Gasteiger partial charge in [0.1, 0.15) is 0 Å². The first-order chi connectivity index (χ1) is 9.45. The van der Waals surface area contributed by atoms with Crippen molar-refractivity contribution in [1.29, 1.82) is 0 Å². The van der Waals surface area contributed by atoms with E-state index in [2.05, 4.69) is 19.2 Å². The second-order valence-corrected chi connectivity index (χ2v) is 5.37. The fourth-order valence-electron chi connectivity index (χ4n) is 2.06. The molecule has 0 fully saturated rings. The molecule has 0 saturated heterocycles. The van der Waals surface area contributed by atoms with Crippen LogP contribution in [0.5, 0.6) is 0 Å². The fraction of sp³-hybridized carbons (Fsp3) is 0.500. The third-order valence-electron chi connectivity index (χ3n) is 3.23. The van der Waals surface area contributed by atoms with Crippen molar-refractivity contribution in [3.63, 3.8) is 0 Å². The largest absolute Gasteiger partial charge is 0.322 e. The summed E-state index contributed by atoms with van der Waals surface area (Å²) in [6.45, 7) is 5.94. The Bertz CT molecular complexity index is 443. The number of urea groups is 1. The van der Waals surface area contributed by atoms with Crippen molar-refractivity contribution in [3.8, 4) is 0 Å². The first-order valence-corrected chi connectivity index (χ1v) is 7.07. The van der Waals surface area contributed by atoms with Crippen LogP contribution in [0.2, 0.25) is 0 Å². The van der Waals surface area contributed by atoms with Gasteiger partial charge in [-0.05, 0) is 24.5 Å². The number of para-hydroxylation sites is 1. The monoisotopic (exact) mass is 276 g/mol. The number of Topliss-reactive ketones (excluding diaryl/α,β-unsaturated/α-hetero) is 1. The molecule has 0 radical (unpaired) electrons. The molecule has 0 unspecified atom stereocenters. The first kappa shape index (κ1) is 16.2. The highest BCUT2D eigenvalue weighted by Crippen LogP contribution is 2.15. The van der Waals surface area contributed by atoms with Crippen LogP contribution in [0.1, 0.15) is 33.6 Å². The van der Waals surface area contributed by atoms with Crippen molar-refractivity contribution in [3.05, 3.63) is 30.3 Å². The third-order valence-corrected chi connectivity index (χ3v) is 3.23. The number of amides is 2. The summed E-state index contributed by atoms with van der Waals surface area (Å²) in [4.78, 5) is 25.8. The maximum atomic E-state index is 12.2. The van der Waals surface area contributed by atoms with Crippen LogP contribution in [-0.4, -0.2) is 29.8 Å². The molecule has 0 aliphatic heterocycles. The molecule has 4 nitrogen and oxygen atoms in total. The van der Waals surface area contributed by atoms with E-state index in [1.54, 1.807) is 7.05 Å². The Balaban J connectivity index is 2.75. The van der Waals surface area contributed by atoms with Crippen molar-refractivity contribution in [2.45, 2.75) is 39.7 Å². The zero-order valence-electron chi connectivity index (χ0n) is 12.7. The molecule has 20 heavy (non-hydrogen) atoms. The number of ketones is 1. The Morgan fingerprint density at radius 3 is 2.30 bits per heavy atom. The predicted molar refractivity (Wildman–Crippen MR) is 81.8 cm³/mol. The van der Waals surface area contributed by atoms with E-state index >= 15 is 0 Å². The lowest BCUT2D eigenvalue weighted by molar-refractivity contribution is -0.123. The van der Waals surface area contributed by atoms with Crippen molar-refractivity contribution >= 4 is 17.5 Å². The number of nitrogens with one attached hydrogen (secondary N) is 1. The molecular weight excluding hydrogens is 252 g/mol. The zero-order chi connectivity index (χ0) is 15.1. The number of carbonyl (C=O) groups excluding carboxylic acids is 2. The number of likely N-dealkylation sites (N-methyl/N-ethyl adjacent to an activating group) is 1. The molecule has 0 aromatic heterocycles. The van der Waals surface area contributed by atoms with Crippen molar-refractivity contribution < 1.29 is 9.59 Å². The van der Waals surface area contributed by atoms with Crippen molar-refractivity contribution in [1.82, 2.24) is 4.90 Å². The van der Waals surface area contributed by atoms with Gasteiger partial charge in [-0.25, -0.2) is 4.79 Å². The highest BCUT2D eigenvalue weighted by Gasteiger charge is 2.26. The summed E-state index contributed by atoms with van der Waals surface area (Å²) in [5.41, 5.74) is 0.733. The molecule has 1 aromatic rings. The molecule has 1 atom stereocenters. The van der Waals surface area contributed by atoms with E-state index < -0.39 is 0 Å². The summed E-state index contributed by atoms with van der Waals surface area (Å²) in [5.74, 6) is 0.465. The molecule has 0 aliphatic rings. The third kappa shape index (κ3) is 4.68. The summed E-state index contributed by atoms with van der Waals surface area (Å²) in [6, 6.07) is 8.65. The molecule has 1 rings (SSSR count). The van der Waals surface area contributed by atoms with E-state index in [9.17, 15) is 9.59 Å². The lowest BCUT2D eigenvalue weighted by Crippen LogP contribution is -2.45. The van der Waals surface area contributed by atoms with E-state index in [0.29, 0.717) is 18.8 Å². The van der Waals surface area contributed by atoms with E-state index in [4.69, 9.17) is 0 Å². The number of rotatable bonds is 6. The maximum Gasteiger partial charge on any atom is 0.322 e. The van der Waals surface area contributed by atoms with Gasteiger partial charge in [-0.1, -0.05) is 39.0 Å². The minimum Gasteiger partial charge on any atom is -0.318 e. The lowest BCUT2D eigenvalue weighted by atomic mass is 9.98. The Kier molecular flexibility index (Phi) is 6.22. The SMILES string of the molecule is CCC(=O)[C@@H](CC(C)C)N(C)C(=O)Nc1ccccc1. The molecule has 0 saturated carbocycles. The number of carbonyl (C=O) groups is 2. The molecule has 110 valence electrons. The van der Waals surface area contributed by atoms with Gasteiger partial charge in [0.15, 0.2) is 5.78 Å². The highest BCUT2D eigenvalue weighted by atomic mass is 16.2. The average Bonchev–Trinajstić information content (AvgIpc) is 2.44. The molecule has 1 aromatic carbocycles. The number of hydrogen-bond acceptors (Lipinski definition) is 2. The summed E-state index contributed by atoms with van der Waals surface area (Å²) < 4.78 is 0. The Labute approximate surface area is 121 Å². The van der Waals surface area contributed by atoms with E-state index in [1.807, 2.05) is 37.3 Å². The van der Waals surface area contributed by atoms with Gasteiger partial charge in [0.25, 0.3) is 0 Å². The summed E-state index contributed by atoms with van der Waals surface area (Å²) in [5, 5.41) is 2.81. The quantitative estimate of drug-likeness (QED) is 0.864. The van der Waals surface area contributed by atoms with Gasteiger partial charge in [-0.2, -0.15) is 0 Å². The number of benzene rings is 1. The normalized spacial score (nSPS) is 12.1. The van der Waals surface area contributed by atoms with Crippen LogP contribution in [-0.2, 0) is 4.79 Å². The highest BCUT2D eigenvalue weighted by molar-refractivity contribution is 5.94. The standard InChI is InChI=1S/C16H24N2O2/c1-5-15(19)14(11-12(2)3)18(4)16(20)17-13-9-7-6-8-10-13/h6-10,12,14H,5,11H2,1-4H3,(H,17,20)/t14-/m1/s1. The molecule has 0 heterocycles. The van der Waals surface area contributed by atoms with Crippen LogP contribution in [0, 0.1) is 5.92 Å². The van der Waals surface area contributed by atoms with Gasteiger partial charge in [-0.3, -0.25) is 4.79 Å². The van der Waals surface area contributed by atoms with Gasteiger partial charge in [0.05, 0.1) is 6.04 Å². The first-order valence-electron chi connectivity index (χ1n) is 7.07. The average molecular weight is 276 g/mol. The Morgan fingerprint density at radius 2 is 1.80 bits per heavy atom. The fourth-order valence-corrected chi connectivity index (χ4v) is 2.06. The Hall–Kier alpha value is -1.84. The van der Waals surface area contributed by atoms with Crippen LogP contribution >= 0.6 is 0 Å². The van der Waals surface area contributed by atoms with Gasteiger partial charge in [-0.15, -0.1) is 0 Å². The van der Waals surface area contributed by atoms with Crippen LogP contribution in [0.4, 0.5) is 10.5 Å². The number of anilines is 1. The molecule has 1 N–H and O–H groups in total. The minimum absolute atomic E-state index is 0.101. The number of hydrogen-bond donors (Lipinski definition) is 1. The van der Waals surface area contributed by atoms with Crippen molar-refractivity contribution in [2.75, 3.05) is 12.4 Å². The van der Waals surface area contributed by atoms with Gasteiger partial charge in [0.2, 0.25) is 0 Å². The van der Waals surface area contributed by atoms with Gasteiger partial charge >= 0.3 is 6.03 Å². The molecule has 4 heteroatoms. The van der Waals surface area contributed by atoms with E-state index in [0.717, 1.165) is 5.69 Å². The predicted octanol–water partition coefficient (Wildman–Crippen LogP) is 3.54. The number of nitrogens with zero attached hydrogens (tertiary/aromatic N) is 1. The molecule has 2 amide bonds. The van der Waals surface area contributed by atoms with Crippen LogP contribution in [0.3, 0.4) is 0 Å². The Morgan fingerprint density at radius 1 is 1.20 bits per heavy atom. The maximum absolute atomic E-state index is 12.2. The molecule has 0 spiro atoms. The minimum atomic E-state index is -0.358.